The van der Waals surface area contributed by atoms with Gasteiger partial charge in [-0.05, 0) is 19.4 Å². The fourth-order valence-electron chi connectivity index (χ4n) is 2.97. The first-order valence-corrected chi connectivity index (χ1v) is 8.83. The first-order chi connectivity index (χ1) is 13.8. The average Bonchev–Trinajstić information content (AvgIpc) is 3.13. The van der Waals surface area contributed by atoms with Crippen LogP contribution >= 0.6 is 0 Å². The van der Waals surface area contributed by atoms with E-state index in [1.807, 2.05) is 0 Å². The number of rotatable bonds is 6. The number of ketones is 2. The van der Waals surface area contributed by atoms with Gasteiger partial charge < -0.3 is 9.84 Å². The van der Waals surface area contributed by atoms with E-state index in [1.54, 1.807) is 6.92 Å². The molecule has 0 bridgehead atoms. The smallest absolute Gasteiger partial charge is 0.304 e. The second-order valence-electron chi connectivity index (χ2n) is 6.53. The van der Waals surface area contributed by atoms with E-state index in [1.165, 1.54) is 29.3 Å². The molecule has 0 spiro atoms. The largest absolute Gasteiger partial charge is 0.506 e. The number of carbonyl (C=O) groups is 2. The quantitative estimate of drug-likeness (QED) is 0.448. The highest BCUT2D eigenvalue weighted by atomic mass is 19.3. The van der Waals surface area contributed by atoms with Gasteiger partial charge in [0.25, 0.3) is 6.36 Å². The maximum absolute atomic E-state index is 13.2. The fraction of sp³-hybridized carbons (Fsp3) is 0.368. The molecule has 0 radical (unpaired) electrons. The third-order valence-corrected chi connectivity index (χ3v) is 4.52. The van der Waals surface area contributed by atoms with E-state index < -0.39 is 30.1 Å². The molecule has 0 amide bonds. The van der Waals surface area contributed by atoms with Crippen LogP contribution in [0.25, 0.3) is 5.76 Å². The predicted molar refractivity (Wildman–Crippen MR) is 95.2 cm³/mol. The van der Waals surface area contributed by atoms with Gasteiger partial charge in [-0.15, -0.1) is 0 Å². The summed E-state index contributed by atoms with van der Waals surface area (Å²) in [4.78, 5) is 28.0. The van der Waals surface area contributed by atoms with Gasteiger partial charge in [-0.3, -0.25) is 19.3 Å². The molecule has 1 aliphatic rings. The summed E-state index contributed by atoms with van der Waals surface area (Å²) in [6, 6.07) is 1.28. The van der Waals surface area contributed by atoms with Gasteiger partial charge in [-0.2, -0.15) is 9.49 Å². The second kappa shape index (κ2) is 8.46. The van der Waals surface area contributed by atoms with E-state index in [4.69, 9.17) is 0 Å². The number of alkyl halides is 3. The number of Topliss-reactive ketones (excluding diaryl/α,β-unsaturated/α-hetero) is 2. The van der Waals surface area contributed by atoms with E-state index in [-0.39, 0.29) is 36.3 Å². The van der Waals surface area contributed by atoms with Crippen LogP contribution in [-0.4, -0.2) is 44.2 Å². The number of halogens is 3. The van der Waals surface area contributed by atoms with Gasteiger partial charge in [0.2, 0.25) is 0 Å². The highest BCUT2D eigenvalue weighted by Crippen LogP contribution is 2.26. The molecule has 1 fully saturated rings. The van der Waals surface area contributed by atoms with E-state index in [0.29, 0.717) is 17.7 Å². The van der Waals surface area contributed by atoms with Crippen LogP contribution < -0.4 is 4.74 Å². The average molecular weight is 409 g/mol. The normalized spacial score (nSPS) is 15.7. The molecule has 10 heteroatoms. The minimum atomic E-state index is -3.28. The molecule has 1 N–H and O–H groups in total. The molecule has 0 aliphatic heterocycles. The molecular weight excluding hydrogens is 391 g/mol. The standard InChI is InChI=1S/C19H18F3N3O4/c1-10-12(23-6-5-15(10)29-19(22)18(20)21)9-25-8-11(7-24-25)17(28)16-13(26)3-2-4-14(16)27/h5-8,18-19,28H,2-4,9H2,1H3. The number of carbonyl (C=O) groups excluding carboxylic acids is 2. The number of hydrogen-bond donors (Lipinski definition) is 1. The summed E-state index contributed by atoms with van der Waals surface area (Å²) in [5, 5.41) is 14.4. The zero-order chi connectivity index (χ0) is 21.1. The van der Waals surface area contributed by atoms with Crippen molar-refractivity contribution >= 4 is 17.3 Å². The molecule has 1 unspecified atom stereocenters. The maximum atomic E-state index is 13.2. The van der Waals surface area contributed by atoms with Crippen molar-refractivity contribution in [3.8, 4) is 5.75 Å². The highest BCUT2D eigenvalue weighted by Gasteiger charge is 2.28. The molecule has 0 saturated heterocycles. The van der Waals surface area contributed by atoms with Crippen molar-refractivity contribution in [2.24, 2.45) is 0 Å². The van der Waals surface area contributed by atoms with E-state index in [0.717, 1.165) is 0 Å². The predicted octanol–water partition coefficient (Wildman–Crippen LogP) is 3.17. The van der Waals surface area contributed by atoms with Gasteiger partial charge in [0, 0.05) is 30.8 Å². The Labute approximate surface area is 163 Å². The molecule has 1 saturated carbocycles. The van der Waals surface area contributed by atoms with Crippen molar-refractivity contribution < 1.29 is 32.6 Å². The van der Waals surface area contributed by atoms with E-state index >= 15 is 0 Å². The van der Waals surface area contributed by atoms with Crippen LogP contribution in [0.3, 0.4) is 0 Å². The summed E-state index contributed by atoms with van der Waals surface area (Å²) in [6.45, 7) is 1.61. The lowest BCUT2D eigenvalue weighted by Gasteiger charge is -2.14. The Balaban J connectivity index is 1.82. The van der Waals surface area contributed by atoms with Crippen LogP contribution in [0.4, 0.5) is 13.2 Å². The molecule has 154 valence electrons. The number of nitrogens with zero attached hydrogens (tertiary/aromatic N) is 3. The third-order valence-electron chi connectivity index (χ3n) is 4.52. The number of aliphatic hydroxyl groups excluding tert-OH is 1. The molecular formula is C19H18F3N3O4. The van der Waals surface area contributed by atoms with Crippen molar-refractivity contribution in [2.75, 3.05) is 0 Å². The van der Waals surface area contributed by atoms with Gasteiger partial charge in [0.05, 0.1) is 24.0 Å². The third kappa shape index (κ3) is 4.47. The minimum absolute atomic E-state index is 0.0686. The van der Waals surface area contributed by atoms with Crippen LogP contribution in [0, 0.1) is 6.92 Å². The van der Waals surface area contributed by atoms with Crippen LogP contribution in [0.2, 0.25) is 0 Å². The first-order valence-electron chi connectivity index (χ1n) is 8.83. The zero-order valence-corrected chi connectivity index (χ0v) is 15.4. The van der Waals surface area contributed by atoms with Crippen molar-refractivity contribution in [2.45, 2.75) is 45.5 Å². The number of aliphatic hydroxyl groups is 1. The Morgan fingerprint density at radius 3 is 2.62 bits per heavy atom. The van der Waals surface area contributed by atoms with Crippen LogP contribution in [0.15, 0.2) is 30.2 Å². The fourth-order valence-corrected chi connectivity index (χ4v) is 2.97. The number of aromatic nitrogens is 3. The summed E-state index contributed by atoms with van der Waals surface area (Å²) in [7, 11) is 0. The lowest BCUT2D eigenvalue weighted by atomic mass is 9.90. The molecule has 1 aliphatic carbocycles. The highest BCUT2D eigenvalue weighted by molar-refractivity contribution is 6.25. The van der Waals surface area contributed by atoms with Crippen molar-refractivity contribution in [1.29, 1.82) is 0 Å². The topological polar surface area (TPSA) is 94.3 Å². The molecule has 2 aromatic heterocycles. The number of ether oxygens (including phenoxy) is 1. The second-order valence-corrected chi connectivity index (χ2v) is 6.53. The van der Waals surface area contributed by atoms with E-state index in [9.17, 15) is 27.9 Å². The maximum Gasteiger partial charge on any atom is 0.304 e. The minimum Gasteiger partial charge on any atom is -0.506 e. The molecule has 2 heterocycles. The lowest BCUT2D eigenvalue weighted by molar-refractivity contribution is -0.123. The Morgan fingerprint density at radius 2 is 1.97 bits per heavy atom. The lowest BCUT2D eigenvalue weighted by Crippen LogP contribution is -2.20. The SMILES string of the molecule is Cc1c(OC(F)C(F)F)ccnc1Cn1cc(C(O)=C2C(=O)CCCC2=O)cn1. The van der Waals surface area contributed by atoms with Crippen molar-refractivity contribution in [1.82, 2.24) is 14.8 Å². The van der Waals surface area contributed by atoms with Gasteiger partial charge in [-0.1, -0.05) is 0 Å². The van der Waals surface area contributed by atoms with Gasteiger partial charge in [0.1, 0.15) is 17.1 Å². The summed E-state index contributed by atoms with van der Waals surface area (Å²) < 4.78 is 43.9. The van der Waals surface area contributed by atoms with Gasteiger partial charge in [-0.25, -0.2) is 8.78 Å². The number of hydrogen-bond acceptors (Lipinski definition) is 6. The monoisotopic (exact) mass is 409 g/mol. The molecule has 2 aromatic rings. The molecule has 0 aromatic carbocycles. The van der Waals surface area contributed by atoms with Crippen LogP contribution in [-0.2, 0) is 16.1 Å². The first kappa shape index (κ1) is 20.6. The summed E-state index contributed by atoms with van der Waals surface area (Å²) in [6.07, 6.45) is -1.17. The summed E-state index contributed by atoms with van der Waals surface area (Å²) in [5.41, 5.74) is 0.709. The molecule has 1 atom stereocenters. The number of allylic oxidation sites excluding steroid dienone is 1. The summed E-state index contributed by atoms with van der Waals surface area (Å²) >= 11 is 0. The molecule has 29 heavy (non-hydrogen) atoms. The Morgan fingerprint density at radius 1 is 1.28 bits per heavy atom. The Bertz CT molecular complexity index is 953. The molecule has 3 rings (SSSR count). The van der Waals surface area contributed by atoms with Crippen molar-refractivity contribution in [3.05, 3.63) is 47.1 Å². The summed E-state index contributed by atoms with van der Waals surface area (Å²) in [5.74, 6) is -1.31. The Hall–Kier alpha value is -3.17. The zero-order valence-electron chi connectivity index (χ0n) is 15.4. The number of pyridine rings is 1. The Kier molecular flexibility index (Phi) is 6.00. The van der Waals surface area contributed by atoms with Crippen molar-refractivity contribution in [3.63, 3.8) is 0 Å². The van der Waals surface area contributed by atoms with Gasteiger partial charge in [0.15, 0.2) is 11.6 Å². The van der Waals surface area contributed by atoms with Crippen LogP contribution in [0.1, 0.15) is 36.1 Å². The van der Waals surface area contributed by atoms with Crippen LogP contribution in [0.5, 0.6) is 5.75 Å². The van der Waals surface area contributed by atoms with E-state index in [2.05, 4.69) is 14.8 Å². The van der Waals surface area contributed by atoms with Gasteiger partial charge >= 0.3 is 6.43 Å². The molecule has 7 nitrogen and oxygen atoms in total.